The number of anilines is 1. The van der Waals surface area contributed by atoms with Gasteiger partial charge in [-0.3, -0.25) is 10.1 Å². The van der Waals surface area contributed by atoms with E-state index in [-0.39, 0.29) is 5.91 Å². The number of nitrogens with one attached hydrogen (secondary N) is 1. The first kappa shape index (κ1) is 13.6. The minimum Gasteiger partial charge on any atom is -0.496 e. The highest BCUT2D eigenvalue weighted by Crippen LogP contribution is 2.27. The molecule has 0 aliphatic rings. The molecular formula is C16H14N2O2S. The maximum Gasteiger partial charge on any atom is 0.261 e. The molecule has 5 heteroatoms. The fourth-order valence-electron chi connectivity index (χ4n) is 2.08. The van der Waals surface area contributed by atoms with E-state index in [1.165, 1.54) is 16.9 Å². The monoisotopic (exact) mass is 298 g/mol. The highest BCUT2D eigenvalue weighted by atomic mass is 32.1. The fraction of sp³-hybridized carbons (Fsp3) is 0.125. The van der Waals surface area contributed by atoms with Gasteiger partial charge >= 0.3 is 0 Å². The molecule has 0 spiro atoms. The highest BCUT2D eigenvalue weighted by molar-refractivity contribution is 7.22. The van der Waals surface area contributed by atoms with Gasteiger partial charge in [0, 0.05) is 0 Å². The molecule has 0 atom stereocenters. The molecule has 1 amide bonds. The summed E-state index contributed by atoms with van der Waals surface area (Å²) >= 11 is 1.46. The number of methoxy groups -OCH3 is 1. The highest BCUT2D eigenvalue weighted by Gasteiger charge is 2.13. The predicted molar refractivity (Wildman–Crippen MR) is 85.3 cm³/mol. The molecule has 21 heavy (non-hydrogen) atoms. The van der Waals surface area contributed by atoms with Crippen molar-refractivity contribution in [3.63, 3.8) is 0 Å². The first-order valence-electron chi connectivity index (χ1n) is 6.49. The van der Waals surface area contributed by atoms with Gasteiger partial charge in [-0.15, -0.1) is 0 Å². The number of hydrogen-bond acceptors (Lipinski definition) is 4. The lowest BCUT2D eigenvalue weighted by Crippen LogP contribution is -2.12. The molecule has 0 saturated heterocycles. The molecule has 4 nitrogen and oxygen atoms in total. The first-order chi connectivity index (χ1) is 10.2. The Balaban J connectivity index is 1.89. The Morgan fingerprint density at radius 1 is 1.24 bits per heavy atom. The third-order valence-corrected chi connectivity index (χ3v) is 4.05. The van der Waals surface area contributed by atoms with Crippen LogP contribution in [0.4, 0.5) is 5.13 Å². The summed E-state index contributed by atoms with van der Waals surface area (Å²) in [4.78, 5) is 16.7. The van der Waals surface area contributed by atoms with Crippen molar-refractivity contribution in [3.8, 4) is 5.75 Å². The Morgan fingerprint density at radius 3 is 2.86 bits per heavy atom. The second-order valence-electron chi connectivity index (χ2n) is 4.64. The standard InChI is InChI=1S/C16H14N2O2S/c1-10-7-8-12-14(9-10)21-16(17-12)18-15(19)11-5-3-4-6-13(11)20-2/h3-9H,1-2H3,(H,17,18,19). The van der Waals surface area contributed by atoms with Crippen LogP contribution in [0.15, 0.2) is 42.5 Å². The van der Waals surface area contributed by atoms with Crippen LogP contribution in [-0.2, 0) is 0 Å². The van der Waals surface area contributed by atoms with Gasteiger partial charge in [0.1, 0.15) is 5.75 Å². The molecule has 0 radical (unpaired) electrons. The van der Waals surface area contributed by atoms with Crippen LogP contribution in [0, 0.1) is 6.92 Å². The van der Waals surface area contributed by atoms with E-state index in [0.717, 1.165) is 10.2 Å². The summed E-state index contributed by atoms with van der Waals surface area (Å²) in [5.41, 5.74) is 2.56. The number of thiazole rings is 1. The Hall–Kier alpha value is -2.40. The fourth-order valence-corrected chi connectivity index (χ4v) is 3.04. The minimum atomic E-state index is -0.219. The van der Waals surface area contributed by atoms with Crippen molar-refractivity contribution in [3.05, 3.63) is 53.6 Å². The number of nitrogens with zero attached hydrogens (tertiary/aromatic N) is 1. The topological polar surface area (TPSA) is 51.2 Å². The summed E-state index contributed by atoms with van der Waals surface area (Å²) in [7, 11) is 1.55. The molecule has 0 saturated carbocycles. The van der Waals surface area contributed by atoms with Crippen molar-refractivity contribution >= 4 is 32.6 Å². The molecule has 3 aromatic rings. The van der Waals surface area contributed by atoms with E-state index in [1.54, 1.807) is 25.3 Å². The van der Waals surface area contributed by atoms with E-state index in [2.05, 4.69) is 16.4 Å². The van der Waals surface area contributed by atoms with Crippen LogP contribution in [0.2, 0.25) is 0 Å². The Bertz CT molecular complexity index is 811. The van der Waals surface area contributed by atoms with Crippen molar-refractivity contribution in [1.82, 2.24) is 4.98 Å². The molecule has 2 aromatic carbocycles. The molecule has 1 aromatic heterocycles. The zero-order chi connectivity index (χ0) is 14.8. The van der Waals surface area contributed by atoms with Crippen molar-refractivity contribution < 1.29 is 9.53 Å². The molecule has 1 heterocycles. The van der Waals surface area contributed by atoms with Crippen molar-refractivity contribution in [2.75, 3.05) is 12.4 Å². The van der Waals surface area contributed by atoms with Gasteiger partial charge in [-0.2, -0.15) is 0 Å². The van der Waals surface area contributed by atoms with Gasteiger partial charge in [0.2, 0.25) is 0 Å². The number of para-hydroxylation sites is 1. The number of benzene rings is 2. The van der Waals surface area contributed by atoms with Gasteiger partial charge in [-0.1, -0.05) is 29.5 Å². The van der Waals surface area contributed by atoms with Crippen LogP contribution in [0.5, 0.6) is 5.75 Å². The van der Waals surface area contributed by atoms with Gasteiger partial charge in [0.05, 0.1) is 22.9 Å². The van der Waals surface area contributed by atoms with Gasteiger partial charge in [-0.25, -0.2) is 4.98 Å². The Labute approximate surface area is 126 Å². The van der Waals surface area contributed by atoms with Crippen LogP contribution in [0.1, 0.15) is 15.9 Å². The third kappa shape index (κ3) is 2.73. The van der Waals surface area contributed by atoms with E-state index < -0.39 is 0 Å². The zero-order valence-corrected chi connectivity index (χ0v) is 12.5. The van der Waals surface area contributed by atoms with E-state index in [4.69, 9.17) is 4.74 Å². The predicted octanol–water partition coefficient (Wildman–Crippen LogP) is 3.87. The maximum atomic E-state index is 12.3. The molecule has 0 aliphatic carbocycles. The lowest BCUT2D eigenvalue weighted by Gasteiger charge is -2.06. The molecule has 0 fully saturated rings. The minimum absolute atomic E-state index is 0.219. The number of aryl methyl sites for hydroxylation is 1. The summed E-state index contributed by atoms with van der Waals surface area (Å²) in [5.74, 6) is 0.329. The van der Waals surface area contributed by atoms with Crippen LogP contribution in [0.3, 0.4) is 0 Å². The second-order valence-corrected chi connectivity index (χ2v) is 5.68. The maximum absolute atomic E-state index is 12.3. The van der Waals surface area contributed by atoms with Crippen LogP contribution in [0.25, 0.3) is 10.2 Å². The number of carbonyl (C=O) groups is 1. The zero-order valence-electron chi connectivity index (χ0n) is 11.7. The normalized spacial score (nSPS) is 10.6. The quantitative estimate of drug-likeness (QED) is 0.798. The molecule has 106 valence electrons. The molecule has 0 unspecified atom stereocenters. The van der Waals surface area contributed by atoms with E-state index in [9.17, 15) is 4.79 Å². The van der Waals surface area contributed by atoms with Crippen molar-refractivity contribution in [2.45, 2.75) is 6.92 Å². The smallest absolute Gasteiger partial charge is 0.261 e. The number of rotatable bonds is 3. The Morgan fingerprint density at radius 2 is 2.05 bits per heavy atom. The molecule has 1 N–H and O–H groups in total. The Kier molecular flexibility index (Phi) is 3.58. The molecule has 0 bridgehead atoms. The van der Waals surface area contributed by atoms with Crippen LogP contribution < -0.4 is 10.1 Å². The molecular weight excluding hydrogens is 284 g/mol. The summed E-state index contributed by atoms with van der Waals surface area (Å²) < 4.78 is 6.26. The molecule has 3 rings (SSSR count). The number of hydrogen-bond donors (Lipinski definition) is 1. The lowest BCUT2D eigenvalue weighted by molar-refractivity contribution is 0.102. The lowest BCUT2D eigenvalue weighted by atomic mass is 10.2. The van der Waals surface area contributed by atoms with Crippen molar-refractivity contribution in [1.29, 1.82) is 0 Å². The van der Waals surface area contributed by atoms with Crippen LogP contribution >= 0.6 is 11.3 Å². The number of amides is 1. The summed E-state index contributed by atoms with van der Waals surface area (Å²) in [6.07, 6.45) is 0. The SMILES string of the molecule is COc1ccccc1C(=O)Nc1nc2ccc(C)cc2s1. The van der Waals surface area contributed by atoms with Gasteiger partial charge < -0.3 is 4.74 Å². The largest absolute Gasteiger partial charge is 0.496 e. The average molecular weight is 298 g/mol. The number of aromatic nitrogens is 1. The van der Waals surface area contributed by atoms with Crippen molar-refractivity contribution in [2.24, 2.45) is 0 Å². The average Bonchev–Trinajstić information content (AvgIpc) is 2.88. The van der Waals surface area contributed by atoms with Gasteiger partial charge in [-0.05, 0) is 36.8 Å². The van der Waals surface area contributed by atoms with Gasteiger partial charge in [0.25, 0.3) is 5.91 Å². The van der Waals surface area contributed by atoms with E-state index >= 15 is 0 Å². The van der Waals surface area contributed by atoms with E-state index in [0.29, 0.717) is 16.4 Å². The van der Waals surface area contributed by atoms with E-state index in [1.807, 2.05) is 25.1 Å². The number of ether oxygens (including phenoxy) is 1. The van der Waals surface area contributed by atoms with Crippen LogP contribution in [-0.4, -0.2) is 18.0 Å². The number of carbonyl (C=O) groups excluding carboxylic acids is 1. The summed E-state index contributed by atoms with van der Waals surface area (Å²) in [5, 5.41) is 3.42. The second kappa shape index (κ2) is 5.54. The number of fused-ring (bicyclic) bond motifs is 1. The van der Waals surface area contributed by atoms with Gasteiger partial charge in [0.15, 0.2) is 5.13 Å². The summed E-state index contributed by atoms with van der Waals surface area (Å²) in [6.45, 7) is 2.03. The first-order valence-corrected chi connectivity index (χ1v) is 7.30. The summed E-state index contributed by atoms with van der Waals surface area (Å²) in [6, 6.07) is 13.1. The third-order valence-electron chi connectivity index (χ3n) is 3.12. The molecule has 0 aliphatic heterocycles.